The van der Waals surface area contributed by atoms with Gasteiger partial charge in [-0.1, -0.05) is 158 Å². The lowest BCUT2D eigenvalue weighted by molar-refractivity contribution is -0.345. The van der Waals surface area contributed by atoms with Gasteiger partial charge in [0, 0.05) is 0 Å². The molecule has 0 bridgehead atoms. The van der Waals surface area contributed by atoms with Crippen molar-refractivity contribution in [3.63, 3.8) is 0 Å². The van der Waals surface area contributed by atoms with Crippen molar-refractivity contribution in [2.45, 2.75) is 82.1 Å². The molecule has 1 fully saturated rings. The average Bonchev–Trinajstić information content (AvgIpc) is 3.29. The van der Waals surface area contributed by atoms with E-state index in [2.05, 4.69) is 6.58 Å². The van der Waals surface area contributed by atoms with Gasteiger partial charge in [-0.05, 0) is 33.9 Å². The van der Waals surface area contributed by atoms with Crippen LogP contribution in [0.1, 0.15) is 27.8 Å². The van der Waals surface area contributed by atoms with Crippen LogP contribution in [0.2, 0.25) is 0 Å². The van der Waals surface area contributed by atoms with Crippen LogP contribution in [-0.4, -0.2) is 68.8 Å². The van der Waals surface area contributed by atoms with E-state index in [1.165, 1.54) is 0 Å². The molecule has 5 aromatic carbocycles. The number of benzene rings is 5. The van der Waals surface area contributed by atoms with Crippen molar-refractivity contribution >= 4 is 0 Å². The smallest absolute Gasteiger partial charge is 0.187 e. The van der Waals surface area contributed by atoms with Crippen LogP contribution in [-0.2, 0) is 75.7 Å². The highest BCUT2D eigenvalue weighted by Crippen LogP contribution is 2.34. The summed E-state index contributed by atoms with van der Waals surface area (Å²) in [5.41, 5.74) is 5.14. The molecule has 59 heavy (non-hydrogen) atoms. The molecule has 0 radical (unpaired) electrons. The summed E-state index contributed by atoms with van der Waals surface area (Å²) in [4.78, 5) is 0. The van der Waals surface area contributed by atoms with Gasteiger partial charge >= 0.3 is 0 Å². The van der Waals surface area contributed by atoms with Crippen LogP contribution >= 0.6 is 0 Å². The van der Waals surface area contributed by atoms with Crippen LogP contribution in [0.3, 0.4) is 0 Å². The minimum atomic E-state index is -0.963. The van der Waals surface area contributed by atoms with Gasteiger partial charge in [0.1, 0.15) is 36.6 Å². The fourth-order valence-electron chi connectivity index (χ4n) is 7.13. The highest BCUT2D eigenvalue weighted by atomic mass is 16.7. The maximum atomic E-state index is 7.12. The van der Waals surface area contributed by atoms with Crippen molar-refractivity contribution < 1.29 is 42.6 Å². The molecule has 0 N–H and O–H groups in total. The quantitative estimate of drug-likeness (QED) is 0.0639. The highest BCUT2D eigenvalue weighted by molar-refractivity contribution is 5.17. The third-order valence-electron chi connectivity index (χ3n) is 10.1. The van der Waals surface area contributed by atoms with Crippen LogP contribution in [0, 0.1) is 0 Å². The van der Waals surface area contributed by atoms with E-state index in [9.17, 15) is 0 Å². The lowest BCUT2D eigenvalue weighted by Crippen LogP contribution is -2.63. The lowest BCUT2D eigenvalue weighted by atomic mass is 9.97. The molecule has 0 spiro atoms. The zero-order chi connectivity index (χ0) is 40.3. The Balaban J connectivity index is 1.19. The second-order valence-electron chi connectivity index (χ2n) is 14.5. The summed E-state index contributed by atoms with van der Waals surface area (Å²) in [5, 5.41) is 0. The van der Waals surface area contributed by atoms with E-state index in [4.69, 9.17) is 42.6 Å². The summed E-state index contributed by atoms with van der Waals surface area (Å²) in [7, 11) is 0. The van der Waals surface area contributed by atoms with Gasteiger partial charge in [-0.15, -0.1) is 6.58 Å². The Morgan fingerprint density at radius 2 is 0.898 bits per heavy atom. The van der Waals surface area contributed by atoms with E-state index >= 15 is 0 Å². The minimum absolute atomic E-state index is 0.201. The predicted molar refractivity (Wildman–Crippen MR) is 225 cm³/mol. The molecular formula is C50H54O9. The molecule has 7 rings (SSSR count). The molecule has 0 aromatic heterocycles. The molecule has 9 nitrogen and oxygen atoms in total. The Morgan fingerprint density at radius 3 is 1.39 bits per heavy atom. The van der Waals surface area contributed by atoms with E-state index in [0.717, 1.165) is 27.8 Å². The van der Waals surface area contributed by atoms with Crippen molar-refractivity contribution in [3.05, 3.63) is 204 Å². The molecule has 2 aliphatic rings. The standard InChI is InChI=1S/C50H54O9/c1-2-29-54-48-47(56-34-41-24-14-6-15-25-41)45(37-52-32-39-20-10-4-11-21-39)58-50(49(48)57-35-42-26-16-7-17-27-42)59-46-43(55-33-40-22-12-5-13-23-40)28-30-53-44(46)36-51-31-38-18-8-3-9-19-38/h2-28,30,43-50H,1,29,31-37H2/t43-,44-,45-,46+,47+,48+,49-,50+/m1/s1. The third-order valence-corrected chi connectivity index (χ3v) is 10.1. The first-order valence-electron chi connectivity index (χ1n) is 20.3. The van der Waals surface area contributed by atoms with Crippen molar-refractivity contribution in [2.24, 2.45) is 0 Å². The second-order valence-corrected chi connectivity index (χ2v) is 14.5. The van der Waals surface area contributed by atoms with Gasteiger partial charge in [0.15, 0.2) is 12.4 Å². The first kappa shape index (κ1) is 42.2. The van der Waals surface area contributed by atoms with Crippen molar-refractivity contribution in [1.29, 1.82) is 0 Å². The van der Waals surface area contributed by atoms with Crippen LogP contribution in [0.4, 0.5) is 0 Å². The second kappa shape index (κ2) is 23.0. The fraction of sp³-hybridized carbons (Fsp3) is 0.320. The zero-order valence-corrected chi connectivity index (χ0v) is 33.3. The summed E-state index contributed by atoms with van der Waals surface area (Å²) in [6.45, 7) is 6.42. The largest absolute Gasteiger partial charge is 0.493 e. The number of hydrogen-bond acceptors (Lipinski definition) is 9. The predicted octanol–water partition coefficient (Wildman–Crippen LogP) is 8.77. The molecule has 8 atom stereocenters. The van der Waals surface area contributed by atoms with Gasteiger partial charge in [-0.25, -0.2) is 0 Å². The van der Waals surface area contributed by atoms with Gasteiger partial charge in [0.25, 0.3) is 0 Å². The van der Waals surface area contributed by atoms with Gasteiger partial charge in [-0.2, -0.15) is 0 Å². The molecule has 308 valence electrons. The summed E-state index contributed by atoms with van der Waals surface area (Å²) < 4.78 is 59.8. The molecule has 5 aromatic rings. The van der Waals surface area contributed by atoms with Gasteiger partial charge in [0.2, 0.25) is 0 Å². The third kappa shape index (κ3) is 12.8. The normalized spacial score (nSPS) is 24.0. The first-order valence-corrected chi connectivity index (χ1v) is 20.3. The fourth-order valence-corrected chi connectivity index (χ4v) is 7.13. The molecule has 1 saturated heterocycles. The molecule has 9 heteroatoms. The Kier molecular flexibility index (Phi) is 16.5. The van der Waals surface area contributed by atoms with Crippen LogP contribution in [0.15, 0.2) is 177 Å². The minimum Gasteiger partial charge on any atom is -0.493 e. The summed E-state index contributed by atoms with van der Waals surface area (Å²) in [6, 6.07) is 50.2. The van der Waals surface area contributed by atoms with E-state index in [1.807, 2.05) is 158 Å². The zero-order valence-electron chi connectivity index (χ0n) is 33.3. The number of ether oxygens (including phenoxy) is 9. The van der Waals surface area contributed by atoms with Crippen molar-refractivity contribution in [3.8, 4) is 0 Å². The monoisotopic (exact) mass is 798 g/mol. The van der Waals surface area contributed by atoms with E-state index in [0.29, 0.717) is 26.4 Å². The highest BCUT2D eigenvalue weighted by Gasteiger charge is 2.51. The molecule has 0 aliphatic carbocycles. The summed E-state index contributed by atoms with van der Waals surface area (Å²) in [5.74, 6) is 0. The van der Waals surface area contributed by atoms with E-state index in [-0.39, 0.29) is 26.4 Å². The molecule has 0 amide bonds. The molecular weight excluding hydrogens is 745 g/mol. The number of rotatable bonds is 22. The van der Waals surface area contributed by atoms with Crippen molar-refractivity contribution in [2.75, 3.05) is 19.8 Å². The van der Waals surface area contributed by atoms with Crippen LogP contribution in [0.5, 0.6) is 0 Å². The molecule has 2 heterocycles. The average molecular weight is 799 g/mol. The molecule has 0 unspecified atom stereocenters. The van der Waals surface area contributed by atoms with Crippen molar-refractivity contribution in [1.82, 2.24) is 0 Å². The Labute approximate surface area is 348 Å². The van der Waals surface area contributed by atoms with Crippen LogP contribution in [0.25, 0.3) is 0 Å². The Morgan fingerprint density at radius 1 is 0.458 bits per heavy atom. The Hall–Kier alpha value is -4.94. The number of hydrogen-bond donors (Lipinski definition) is 0. The molecule has 0 saturated carbocycles. The maximum absolute atomic E-state index is 7.12. The Bertz CT molecular complexity index is 1930. The van der Waals surface area contributed by atoms with Gasteiger partial charge < -0.3 is 42.6 Å². The summed E-state index contributed by atoms with van der Waals surface area (Å²) in [6.07, 6.45) is -0.0520. The van der Waals surface area contributed by atoms with E-state index < -0.39 is 49.0 Å². The SMILES string of the molecule is C=CCO[C@H]1[C@@H](OCc2ccccc2)[C@@H](COCc2ccccc2)O[C@@H](O[C@H]2[C@H](OCc3ccccc3)C=CO[C@@H]2COCc2ccccc2)[C@@H]1OCc1ccccc1. The topological polar surface area (TPSA) is 83.1 Å². The summed E-state index contributed by atoms with van der Waals surface area (Å²) >= 11 is 0. The first-order chi connectivity index (χ1) is 29.2. The van der Waals surface area contributed by atoms with Gasteiger partial charge in [0.05, 0.1) is 59.1 Å². The molecule has 2 aliphatic heterocycles. The van der Waals surface area contributed by atoms with Gasteiger partial charge in [-0.3, -0.25) is 0 Å². The maximum Gasteiger partial charge on any atom is 0.187 e. The van der Waals surface area contributed by atoms with E-state index in [1.54, 1.807) is 12.3 Å². The lowest BCUT2D eigenvalue weighted by Gasteiger charge is -2.47. The van der Waals surface area contributed by atoms with Crippen LogP contribution < -0.4 is 0 Å².